The van der Waals surface area contributed by atoms with Crippen LogP contribution in [0.3, 0.4) is 0 Å². The molecule has 110 valence electrons. The van der Waals surface area contributed by atoms with E-state index in [1.54, 1.807) is 4.90 Å². The molecule has 0 radical (unpaired) electrons. The second-order valence-electron chi connectivity index (χ2n) is 5.60. The SMILES string of the molecule is CCN(C(=O)C(C)(C)c1ccccc1)c1ccccc1N. The molecule has 0 fully saturated rings. The number of nitrogens with zero attached hydrogens (tertiary/aromatic N) is 1. The summed E-state index contributed by atoms with van der Waals surface area (Å²) >= 11 is 0. The Balaban J connectivity index is 2.39. The Bertz CT molecular complexity index is 620. The van der Waals surface area contributed by atoms with Crippen molar-refractivity contribution in [1.82, 2.24) is 0 Å². The van der Waals surface area contributed by atoms with Crippen molar-refractivity contribution >= 4 is 17.3 Å². The Morgan fingerprint density at radius 3 is 2.19 bits per heavy atom. The largest absolute Gasteiger partial charge is 0.397 e. The molecule has 0 aromatic heterocycles. The molecular formula is C18H22N2O. The first-order valence-corrected chi connectivity index (χ1v) is 7.20. The summed E-state index contributed by atoms with van der Waals surface area (Å²) in [6, 6.07) is 17.3. The second kappa shape index (κ2) is 6.00. The summed E-state index contributed by atoms with van der Waals surface area (Å²) in [5.74, 6) is 0.0501. The monoisotopic (exact) mass is 282 g/mol. The minimum absolute atomic E-state index is 0.0501. The smallest absolute Gasteiger partial charge is 0.237 e. The predicted molar refractivity (Wildman–Crippen MR) is 88.3 cm³/mol. The summed E-state index contributed by atoms with van der Waals surface area (Å²) in [6.45, 7) is 6.45. The molecule has 0 spiro atoms. The third kappa shape index (κ3) is 2.92. The highest BCUT2D eigenvalue weighted by atomic mass is 16.2. The number of amides is 1. The number of carbonyl (C=O) groups excluding carboxylic acids is 1. The fraction of sp³-hybridized carbons (Fsp3) is 0.278. The molecule has 0 aliphatic heterocycles. The van der Waals surface area contributed by atoms with E-state index in [0.29, 0.717) is 12.2 Å². The minimum Gasteiger partial charge on any atom is -0.397 e. The van der Waals surface area contributed by atoms with E-state index in [-0.39, 0.29) is 5.91 Å². The van der Waals surface area contributed by atoms with Crippen LogP contribution in [0.15, 0.2) is 54.6 Å². The second-order valence-corrected chi connectivity index (χ2v) is 5.60. The highest BCUT2D eigenvalue weighted by Crippen LogP contribution is 2.30. The predicted octanol–water partition coefficient (Wildman–Crippen LogP) is 3.60. The zero-order valence-corrected chi connectivity index (χ0v) is 12.8. The number of para-hydroxylation sites is 2. The average Bonchev–Trinajstić information content (AvgIpc) is 2.50. The number of anilines is 2. The lowest BCUT2D eigenvalue weighted by Gasteiger charge is -2.32. The first-order chi connectivity index (χ1) is 9.98. The van der Waals surface area contributed by atoms with E-state index in [1.165, 1.54) is 0 Å². The molecule has 0 bridgehead atoms. The lowest BCUT2D eigenvalue weighted by atomic mass is 9.83. The zero-order valence-electron chi connectivity index (χ0n) is 12.8. The molecule has 0 atom stereocenters. The van der Waals surface area contributed by atoms with Gasteiger partial charge in [-0.05, 0) is 38.5 Å². The molecule has 2 aromatic carbocycles. The van der Waals surface area contributed by atoms with Crippen molar-refractivity contribution in [2.45, 2.75) is 26.2 Å². The number of hydrogen-bond acceptors (Lipinski definition) is 2. The number of nitrogens with two attached hydrogens (primary N) is 1. The first kappa shape index (κ1) is 15.1. The Morgan fingerprint density at radius 1 is 1.05 bits per heavy atom. The van der Waals surface area contributed by atoms with Gasteiger partial charge in [0.1, 0.15) is 0 Å². The van der Waals surface area contributed by atoms with Crippen molar-refractivity contribution in [3.8, 4) is 0 Å². The third-order valence-electron chi connectivity index (χ3n) is 3.82. The molecule has 0 aliphatic rings. The van der Waals surface area contributed by atoms with Crippen molar-refractivity contribution in [1.29, 1.82) is 0 Å². The van der Waals surface area contributed by atoms with E-state index >= 15 is 0 Å². The van der Waals surface area contributed by atoms with Gasteiger partial charge in [-0.25, -0.2) is 0 Å². The quantitative estimate of drug-likeness (QED) is 0.871. The van der Waals surface area contributed by atoms with Crippen LogP contribution in [0.2, 0.25) is 0 Å². The molecule has 0 saturated carbocycles. The van der Waals surface area contributed by atoms with E-state index in [1.807, 2.05) is 75.4 Å². The number of hydrogen-bond donors (Lipinski definition) is 1. The molecule has 21 heavy (non-hydrogen) atoms. The Labute approximate surface area is 126 Å². The lowest BCUT2D eigenvalue weighted by Crippen LogP contribution is -2.43. The van der Waals surface area contributed by atoms with Crippen molar-refractivity contribution in [3.05, 3.63) is 60.2 Å². The molecule has 2 aromatic rings. The standard InChI is InChI=1S/C18H22N2O/c1-4-20(16-13-9-8-12-15(16)19)17(21)18(2,3)14-10-6-5-7-11-14/h5-13H,4,19H2,1-3H3. The van der Waals surface area contributed by atoms with Crippen molar-refractivity contribution in [3.63, 3.8) is 0 Å². The molecule has 2 rings (SSSR count). The minimum atomic E-state index is -0.598. The van der Waals surface area contributed by atoms with E-state index in [9.17, 15) is 4.79 Å². The third-order valence-corrected chi connectivity index (χ3v) is 3.82. The van der Waals surface area contributed by atoms with Crippen LogP contribution < -0.4 is 10.6 Å². The topological polar surface area (TPSA) is 46.3 Å². The number of benzene rings is 2. The first-order valence-electron chi connectivity index (χ1n) is 7.20. The maximum Gasteiger partial charge on any atom is 0.237 e. The van der Waals surface area contributed by atoms with Crippen LogP contribution in [0.25, 0.3) is 0 Å². The fourth-order valence-corrected chi connectivity index (χ4v) is 2.47. The highest BCUT2D eigenvalue weighted by Gasteiger charge is 2.34. The van der Waals surface area contributed by atoms with Crippen LogP contribution in [0.4, 0.5) is 11.4 Å². The van der Waals surface area contributed by atoms with Gasteiger partial charge in [-0.1, -0.05) is 42.5 Å². The Hall–Kier alpha value is -2.29. The van der Waals surface area contributed by atoms with Gasteiger partial charge in [0.2, 0.25) is 5.91 Å². The van der Waals surface area contributed by atoms with E-state index in [4.69, 9.17) is 5.73 Å². The van der Waals surface area contributed by atoms with Gasteiger partial charge in [-0.2, -0.15) is 0 Å². The van der Waals surface area contributed by atoms with Gasteiger partial charge in [0, 0.05) is 6.54 Å². The number of likely N-dealkylation sites (N-methyl/N-ethyl adjacent to an activating group) is 1. The maximum absolute atomic E-state index is 13.0. The van der Waals surface area contributed by atoms with Gasteiger partial charge >= 0.3 is 0 Å². The van der Waals surface area contributed by atoms with Gasteiger partial charge in [0.05, 0.1) is 16.8 Å². The van der Waals surface area contributed by atoms with Gasteiger partial charge in [0.15, 0.2) is 0 Å². The molecular weight excluding hydrogens is 260 g/mol. The molecule has 1 amide bonds. The summed E-state index contributed by atoms with van der Waals surface area (Å²) in [5.41, 5.74) is 7.82. The Morgan fingerprint density at radius 2 is 1.62 bits per heavy atom. The van der Waals surface area contributed by atoms with Crippen LogP contribution in [0.5, 0.6) is 0 Å². The van der Waals surface area contributed by atoms with E-state index in [0.717, 1.165) is 11.3 Å². The van der Waals surface area contributed by atoms with Gasteiger partial charge in [-0.15, -0.1) is 0 Å². The number of rotatable bonds is 4. The summed E-state index contributed by atoms with van der Waals surface area (Å²) in [7, 11) is 0. The Kier molecular flexibility index (Phi) is 4.32. The fourth-order valence-electron chi connectivity index (χ4n) is 2.47. The normalized spacial score (nSPS) is 11.2. The molecule has 3 heteroatoms. The summed E-state index contributed by atoms with van der Waals surface area (Å²) in [5, 5.41) is 0. The molecule has 3 nitrogen and oxygen atoms in total. The van der Waals surface area contributed by atoms with Crippen molar-refractivity contribution < 1.29 is 4.79 Å². The summed E-state index contributed by atoms with van der Waals surface area (Å²) in [4.78, 5) is 14.8. The van der Waals surface area contributed by atoms with Gasteiger partial charge < -0.3 is 10.6 Å². The summed E-state index contributed by atoms with van der Waals surface area (Å²) < 4.78 is 0. The van der Waals surface area contributed by atoms with Gasteiger partial charge in [-0.3, -0.25) is 4.79 Å². The number of carbonyl (C=O) groups is 1. The van der Waals surface area contributed by atoms with Crippen molar-refractivity contribution in [2.24, 2.45) is 0 Å². The molecule has 2 N–H and O–H groups in total. The van der Waals surface area contributed by atoms with Crippen LogP contribution in [0, 0.1) is 0 Å². The molecule has 0 aliphatic carbocycles. The summed E-state index contributed by atoms with van der Waals surface area (Å²) in [6.07, 6.45) is 0. The molecule has 0 heterocycles. The average molecular weight is 282 g/mol. The highest BCUT2D eigenvalue weighted by molar-refractivity contribution is 6.02. The molecule has 0 unspecified atom stereocenters. The van der Waals surface area contributed by atoms with Crippen LogP contribution in [-0.2, 0) is 10.2 Å². The van der Waals surface area contributed by atoms with Gasteiger partial charge in [0.25, 0.3) is 0 Å². The van der Waals surface area contributed by atoms with Crippen LogP contribution >= 0.6 is 0 Å². The molecule has 0 saturated heterocycles. The van der Waals surface area contributed by atoms with E-state index < -0.39 is 5.41 Å². The van der Waals surface area contributed by atoms with Crippen LogP contribution in [0.1, 0.15) is 26.3 Å². The zero-order chi connectivity index (χ0) is 15.5. The maximum atomic E-state index is 13.0. The van der Waals surface area contributed by atoms with Crippen molar-refractivity contribution in [2.75, 3.05) is 17.2 Å². The lowest BCUT2D eigenvalue weighted by molar-refractivity contribution is -0.123. The number of nitrogen functional groups attached to an aromatic ring is 1. The van der Waals surface area contributed by atoms with Crippen LogP contribution in [-0.4, -0.2) is 12.5 Å². The van der Waals surface area contributed by atoms with E-state index in [2.05, 4.69) is 0 Å².